The summed E-state index contributed by atoms with van der Waals surface area (Å²) in [5.41, 5.74) is 3.16. The van der Waals surface area contributed by atoms with Gasteiger partial charge in [-0.3, -0.25) is 4.98 Å². The van der Waals surface area contributed by atoms with Gasteiger partial charge in [-0.05, 0) is 51.7 Å². The Labute approximate surface area is 124 Å². The number of carbonyl (C=O) groups excluding carboxylic acids is 1. The summed E-state index contributed by atoms with van der Waals surface area (Å²) in [4.78, 5) is 19.5. The van der Waals surface area contributed by atoms with Gasteiger partial charge in [0.25, 0.3) is 0 Å². The maximum Gasteiger partial charge on any atom is 0.407 e. The van der Waals surface area contributed by atoms with Crippen LogP contribution in [0.15, 0.2) is 18.5 Å². The lowest BCUT2D eigenvalue weighted by molar-refractivity contribution is 0.0500. The second kappa shape index (κ2) is 5.06. The molecule has 5 nitrogen and oxygen atoms in total. The number of hydrogen-bond acceptors (Lipinski definition) is 3. The lowest BCUT2D eigenvalue weighted by Gasteiger charge is -2.26. The Morgan fingerprint density at radius 3 is 3.05 bits per heavy atom. The van der Waals surface area contributed by atoms with Gasteiger partial charge in [-0.15, -0.1) is 0 Å². The summed E-state index contributed by atoms with van der Waals surface area (Å²) in [5, 5.41) is 4.18. The lowest BCUT2D eigenvalue weighted by Crippen LogP contribution is -2.41. The average molecular weight is 287 g/mol. The summed E-state index contributed by atoms with van der Waals surface area (Å²) in [6, 6.07) is 2.15. The molecule has 112 valence electrons. The van der Waals surface area contributed by atoms with Gasteiger partial charge < -0.3 is 15.0 Å². The van der Waals surface area contributed by atoms with E-state index in [1.54, 1.807) is 6.20 Å². The van der Waals surface area contributed by atoms with Crippen molar-refractivity contribution in [3.63, 3.8) is 0 Å². The molecule has 2 heterocycles. The summed E-state index contributed by atoms with van der Waals surface area (Å²) in [6.07, 6.45) is 6.01. The first-order valence-corrected chi connectivity index (χ1v) is 7.35. The van der Waals surface area contributed by atoms with Crippen molar-refractivity contribution in [2.24, 2.45) is 0 Å². The Morgan fingerprint density at radius 2 is 2.29 bits per heavy atom. The summed E-state index contributed by atoms with van der Waals surface area (Å²) in [7, 11) is 0. The molecule has 1 amide bonds. The van der Waals surface area contributed by atoms with E-state index < -0.39 is 5.60 Å². The predicted molar refractivity (Wildman–Crippen MR) is 81.3 cm³/mol. The van der Waals surface area contributed by atoms with Gasteiger partial charge in [0.2, 0.25) is 0 Å². The molecule has 2 N–H and O–H groups in total. The van der Waals surface area contributed by atoms with Gasteiger partial charge in [0.15, 0.2) is 0 Å². The maximum absolute atomic E-state index is 11.9. The zero-order valence-electron chi connectivity index (χ0n) is 12.7. The maximum atomic E-state index is 11.9. The van der Waals surface area contributed by atoms with Gasteiger partial charge >= 0.3 is 6.09 Å². The Balaban J connectivity index is 1.74. The van der Waals surface area contributed by atoms with Gasteiger partial charge in [0.05, 0.1) is 11.7 Å². The molecule has 0 bridgehead atoms. The standard InChI is InChI=1S/C16H21N3O2/c1-16(2,3)21-15(20)18-10-4-5-13-12(8-10)11-6-7-17-9-14(11)19-13/h6-7,9-10,19H,4-5,8H2,1-3H3,(H,18,20). The second-order valence-electron chi connectivity index (χ2n) is 6.59. The first kappa shape index (κ1) is 13.9. The highest BCUT2D eigenvalue weighted by molar-refractivity contribution is 5.84. The number of nitrogens with zero attached hydrogens (tertiary/aromatic N) is 1. The number of pyridine rings is 1. The van der Waals surface area contributed by atoms with Crippen LogP contribution < -0.4 is 5.32 Å². The third-order valence-electron chi connectivity index (χ3n) is 3.71. The van der Waals surface area contributed by atoms with Crippen LogP contribution >= 0.6 is 0 Å². The molecule has 2 aromatic rings. The molecular formula is C16H21N3O2. The van der Waals surface area contributed by atoms with Crippen molar-refractivity contribution in [1.29, 1.82) is 0 Å². The molecule has 2 aromatic heterocycles. The fraction of sp³-hybridized carbons (Fsp3) is 0.500. The molecule has 3 rings (SSSR count). The minimum Gasteiger partial charge on any atom is -0.444 e. The van der Waals surface area contributed by atoms with Crippen molar-refractivity contribution < 1.29 is 9.53 Å². The normalized spacial score (nSPS) is 18.3. The SMILES string of the molecule is CC(C)(C)OC(=O)NC1CCc2[nH]c3cnccc3c2C1. The zero-order chi connectivity index (χ0) is 15.0. The summed E-state index contributed by atoms with van der Waals surface area (Å²) >= 11 is 0. The number of aryl methyl sites for hydroxylation is 1. The minimum absolute atomic E-state index is 0.125. The molecule has 1 aliphatic carbocycles. The van der Waals surface area contributed by atoms with Crippen molar-refractivity contribution in [2.75, 3.05) is 0 Å². The van der Waals surface area contributed by atoms with Gasteiger partial charge in [-0.1, -0.05) is 0 Å². The Kier molecular flexibility index (Phi) is 3.35. The zero-order valence-corrected chi connectivity index (χ0v) is 12.7. The van der Waals surface area contributed by atoms with Crippen LogP contribution in [-0.4, -0.2) is 27.7 Å². The molecule has 0 aromatic carbocycles. The van der Waals surface area contributed by atoms with Crippen molar-refractivity contribution in [2.45, 2.75) is 51.7 Å². The molecule has 0 aliphatic heterocycles. The number of aromatic amines is 1. The molecule has 0 spiro atoms. The number of aromatic nitrogens is 2. The van der Waals surface area contributed by atoms with E-state index in [9.17, 15) is 4.79 Å². The van der Waals surface area contributed by atoms with Crippen LogP contribution in [-0.2, 0) is 17.6 Å². The van der Waals surface area contributed by atoms with Gasteiger partial charge in [-0.2, -0.15) is 0 Å². The highest BCUT2D eigenvalue weighted by atomic mass is 16.6. The van der Waals surface area contributed by atoms with Gasteiger partial charge in [0, 0.05) is 23.3 Å². The number of hydrogen-bond donors (Lipinski definition) is 2. The second-order valence-corrected chi connectivity index (χ2v) is 6.59. The van der Waals surface area contributed by atoms with Crippen LogP contribution in [0.1, 0.15) is 38.4 Å². The number of rotatable bonds is 1. The highest BCUT2D eigenvalue weighted by Crippen LogP contribution is 2.28. The van der Waals surface area contributed by atoms with Gasteiger partial charge in [-0.25, -0.2) is 4.79 Å². The summed E-state index contributed by atoms with van der Waals surface area (Å²) in [5.74, 6) is 0. The van der Waals surface area contributed by atoms with E-state index >= 15 is 0 Å². The summed E-state index contributed by atoms with van der Waals surface area (Å²) in [6.45, 7) is 5.62. The highest BCUT2D eigenvalue weighted by Gasteiger charge is 2.25. The largest absolute Gasteiger partial charge is 0.444 e. The number of nitrogens with one attached hydrogen (secondary N) is 2. The Morgan fingerprint density at radius 1 is 1.48 bits per heavy atom. The Hall–Kier alpha value is -2.04. The van der Waals surface area contributed by atoms with Crippen LogP contribution in [0.3, 0.4) is 0 Å². The van der Waals surface area contributed by atoms with Gasteiger partial charge in [0.1, 0.15) is 5.60 Å². The third kappa shape index (κ3) is 3.01. The fourth-order valence-corrected chi connectivity index (χ4v) is 2.87. The molecule has 0 fully saturated rings. The van der Waals surface area contributed by atoms with E-state index in [1.807, 2.05) is 33.0 Å². The molecule has 1 aliphatic rings. The predicted octanol–water partition coefficient (Wildman–Crippen LogP) is 2.94. The van der Waals surface area contributed by atoms with E-state index in [0.717, 1.165) is 24.8 Å². The average Bonchev–Trinajstić information content (AvgIpc) is 2.74. The van der Waals surface area contributed by atoms with Crippen molar-refractivity contribution in [3.05, 3.63) is 29.7 Å². The van der Waals surface area contributed by atoms with E-state index in [4.69, 9.17) is 4.74 Å². The van der Waals surface area contributed by atoms with Crippen LogP contribution in [0.4, 0.5) is 4.79 Å². The van der Waals surface area contributed by atoms with Crippen LogP contribution in [0.25, 0.3) is 10.9 Å². The van der Waals surface area contributed by atoms with Crippen molar-refractivity contribution >= 4 is 17.0 Å². The number of H-pyrrole nitrogens is 1. The van der Waals surface area contributed by atoms with E-state index in [1.165, 1.54) is 16.6 Å². The fourth-order valence-electron chi connectivity index (χ4n) is 2.87. The molecule has 1 unspecified atom stereocenters. The molecule has 5 heteroatoms. The van der Waals surface area contributed by atoms with Crippen LogP contribution in [0.2, 0.25) is 0 Å². The number of ether oxygens (including phenoxy) is 1. The first-order chi connectivity index (χ1) is 9.92. The molecule has 0 radical (unpaired) electrons. The number of alkyl carbamates (subject to hydrolysis) is 1. The molecule has 0 saturated carbocycles. The minimum atomic E-state index is -0.462. The number of carbonyl (C=O) groups is 1. The molecule has 1 atom stereocenters. The van der Waals surface area contributed by atoms with E-state index in [2.05, 4.69) is 15.3 Å². The number of amides is 1. The lowest BCUT2D eigenvalue weighted by atomic mass is 9.92. The first-order valence-electron chi connectivity index (χ1n) is 7.35. The van der Waals surface area contributed by atoms with Crippen LogP contribution in [0.5, 0.6) is 0 Å². The third-order valence-corrected chi connectivity index (χ3v) is 3.71. The quantitative estimate of drug-likeness (QED) is 0.847. The molecule has 21 heavy (non-hydrogen) atoms. The summed E-state index contributed by atoms with van der Waals surface area (Å²) < 4.78 is 5.33. The van der Waals surface area contributed by atoms with Crippen LogP contribution in [0, 0.1) is 0 Å². The Bertz CT molecular complexity index is 670. The monoisotopic (exact) mass is 287 g/mol. The van der Waals surface area contributed by atoms with E-state index in [0.29, 0.717) is 0 Å². The van der Waals surface area contributed by atoms with E-state index in [-0.39, 0.29) is 12.1 Å². The molecule has 0 saturated heterocycles. The number of fused-ring (bicyclic) bond motifs is 3. The molecular weight excluding hydrogens is 266 g/mol. The van der Waals surface area contributed by atoms with Crippen molar-refractivity contribution in [1.82, 2.24) is 15.3 Å². The topological polar surface area (TPSA) is 67.0 Å². The van der Waals surface area contributed by atoms with Crippen molar-refractivity contribution in [3.8, 4) is 0 Å². The smallest absolute Gasteiger partial charge is 0.407 e.